The van der Waals surface area contributed by atoms with Gasteiger partial charge in [-0.15, -0.1) is 11.8 Å². The molecule has 0 aliphatic carbocycles. The van der Waals surface area contributed by atoms with E-state index in [1.807, 2.05) is 6.92 Å². The summed E-state index contributed by atoms with van der Waals surface area (Å²) in [6, 6.07) is 2.88. The smallest absolute Gasteiger partial charge is 0.323 e. The van der Waals surface area contributed by atoms with Gasteiger partial charge >= 0.3 is 5.97 Å². The van der Waals surface area contributed by atoms with Crippen LogP contribution in [0.4, 0.5) is 8.78 Å². The van der Waals surface area contributed by atoms with Gasteiger partial charge in [0.2, 0.25) is 0 Å². The van der Waals surface area contributed by atoms with Crippen molar-refractivity contribution in [3.8, 4) is 0 Å². The van der Waals surface area contributed by atoms with Gasteiger partial charge in [0, 0.05) is 16.7 Å². The summed E-state index contributed by atoms with van der Waals surface area (Å²) in [6.45, 7) is 4.51. The largest absolute Gasteiger partial charge is 0.465 e. The van der Waals surface area contributed by atoms with Crippen molar-refractivity contribution >= 4 is 17.7 Å². The van der Waals surface area contributed by atoms with E-state index in [1.165, 1.54) is 12.1 Å². The Morgan fingerprint density at radius 2 is 2.16 bits per heavy atom. The summed E-state index contributed by atoms with van der Waals surface area (Å²) >= 11 is 1.15. The van der Waals surface area contributed by atoms with E-state index >= 15 is 0 Å². The third-order valence-electron chi connectivity index (χ3n) is 2.32. The molecule has 0 aliphatic heterocycles. The second-order valence-corrected chi connectivity index (χ2v) is 4.81. The summed E-state index contributed by atoms with van der Waals surface area (Å²) in [7, 11) is 0. The molecule has 0 bridgehead atoms. The van der Waals surface area contributed by atoms with Gasteiger partial charge in [0.15, 0.2) is 0 Å². The van der Waals surface area contributed by atoms with E-state index in [1.54, 1.807) is 6.92 Å². The zero-order valence-electron chi connectivity index (χ0n) is 10.9. The molecule has 0 fully saturated rings. The zero-order chi connectivity index (χ0) is 14.3. The van der Waals surface area contributed by atoms with Gasteiger partial charge in [0.25, 0.3) is 0 Å². The van der Waals surface area contributed by atoms with E-state index in [-0.39, 0.29) is 5.97 Å². The maximum Gasteiger partial charge on any atom is 0.323 e. The minimum absolute atomic E-state index is 0.302. The first-order chi connectivity index (χ1) is 9.08. The lowest BCUT2D eigenvalue weighted by molar-refractivity contribution is -0.144. The highest BCUT2D eigenvalue weighted by Crippen LogP contribution is 2.23. The Balaban J connectivity index is 2.62. The molecular weight excluding hydrogens is 272 g/mol. The predicted octanol–water partition coefficient (Wildman–Crippen LogP) is 2.60. The lowest BCUT2D eigenvalue weighted by Gasteiger charge is -2.15. The normalized spacial score (nSPS) is 12.2. The lowest BCUT2D eigenvalue weighted by Crippen LogP contribution is -2.40. The van der Waals surface area contributed by atoms with Crippen LogP contribution in [0.25, 0.3) is 0 Å². The number of rotatable bonds is 7. The highest BCUT2D eigenvalue weighted by Gasteiger charge is 2.19. The molecule has 3 nitrogen and oxygen atoms in total. The Kier molecular flexibility index (Phi) is 6.80. The first kappa shape index (κ1) is 15.9. The van der Waals surface area contributed by atoms with Gasteiger partial charge in [0.05, 0.1) is 6.61 Å². The van der Waals surface area contributed by atoms with Crippen LogP contribution in [-0.2, 0) is 9.53 Å². The second-order valence-electron chi connectivity index (χ2n) is 3.75. The lowest BCUT2D eigenvalue weighted by atomic mass is 10.3. The highest BCUT2D eigenvalue weighted by atomic mass is 32.2. The van der Waals surface area contributed by atoms with E-state index < -0.39 is 17.7 Å². The van der Waals surface area contributed by atoms with Gasteiger partial charge in [-0.1, -0.05) is 6.92 Å². The molecule has 1 atom stereocenters. The third kappa shape index (κ3) is 5.16. The first-order valence-corrected chi connectivity index (χ1v) is 7.04. The van der Waals surface area contributed by atoms with Crippen molar-refractivity contribution in [3.05, 3.63) is 29.8 Å². The molecule has 0 radical (unpaired) electrons. The third-order valence-corrected chi connectivity index (χ3v) is 3.46. The Morgan fingerprint density at radius 1 is 1.42 bits per heavy atom. The average Bonchev–Trinajstić information content (AvgIpc) is 2.36. The molecule has 0 aromatic heterocycles. The van der Waals surface area contributed by atoms with Crippen molar-refractivity contribution in [1.29, 1.82) is 0 Å². The SMILES string of the molecule is CCNC(CSc1ccc(F)cc1F)C(=O)OCC. The molecule has 0 saturated carbocycles. The fraction of sp³-hybridized carbons (Fsp3) is 0.462. The van der Waals surface area contributed by atoms with Crippen molar-refractivity contribution < 1.29 is 18.3 Å². The van der Waals surface area contributed by atoms with Crippen molar-refractivity contribution in [2.75, 3.05) is 18.9 Å². The molecule has 1 N–H and O–H groups in total. The molecule has 1 aromatic rings. The van der Waals surface area contributed by atoms with Crippen LogP contribution in [0, 0.1) is 11.6 Å². The number of carbonyl (C=O) groups is 1. The Morgan fingerprint density at radius 3 is 2.74 bits per heavy atom. The second kappa shape index (κ2) is 8.12. The number of thioether (sulfide) groups is 1. The maximum absolute atomic E-state index is 13.4. The van der Waals surface area contributed by atoms with Gasteiger partial charge in [-0.2, -0.15) is 0 Å². The molecule has 1 aromatic carbocycles. The van der Waals surface area contributed by atoms with E-state index in [2.05, 4.69) is 5.32 Å². The van der Waals surface area contributed by atoms with Crippen LogP contribution >= 0.6 is 11.8 Å². The number of hydrogen-bond acceptors (Lipinski definition) is 4. The molecule has 106 valence electrons. The van der Waals surface area contributed by atoms with Crippen molar-refractivity contribution in [2.24, 2.45) is 0 Å². The van der Waals surface area contributed by atoms with Crippen molar-refractivity contribution in [3.63, 3.8) is 0 Å². The number of benzene rings is 1. The topological polar surface area (TPSA) is 38.3 Å². The van der Waals surface area contributed by atoms with Gasteiger partial charge in [-0.25, -0.2) is 8.78 Å². The van der Waals surface area contributed by atoms with Crippen molar-refractivity contribution in [2.45, 2.75) is 24.8 Å². The Bertz CT molecular complexity index is 429. The van der Waals surface area contributed by atoms with Gasteiger partial charge in [0.1, 0.15) is 17.7 Å². The Hall–Kier alpha value is -1.14. The van der Waals surface area contributed by atoms with Crippen molar-refractivity contribution in [1.82, 2.24) is 5.32 Å². The van der Waals surface area contributed by atoms with Crippen LogP contribution in [-0.4, -0.2) is 30.9 Å². The molecule has 1 unspecified atom stereocenters. The maximum atomic E-state index is 13.4. The predicted molar refractivity (Wildman–Crippen MR) is 71.2 cm³/mol. The number of carbonyl (C=O) groups excluding carboxylic acids is 1. The first-order valence-electron chi connectivity index (χ1n) is 6.06. The molecular formula is C13H17F2NO2S. The van der Waals surface area contributed by atoms with Crippen LogP contribution in [0.2, 0.25) is 0 Å². The zero-order valence-corrected chi connectivity index (χ0v) is 11.7. The molecule has 0 amide bonds. The van der Waals surface area contributed by atoms with E-state index in [4.69, 9.17) is 4.74 Å². The van der Waals surface area contributed by atoms with Crippen LogP contribution in [0.3, 0.4) is 0 Å². The van der Waals surface area contributed by atoms with Gasteiger partial charge in [-0.05, 0) is 25.6 Å². The molecule has 0 aliphatic rings. The summed E-state index contributed by atoms with van der Waals surface area (Å²) in [5.41, 5.74) is 0. The van der Waals surface area contributed by atoms with Crippen LogP contribution in [0.1, 0.15) is 13.8 Å². The quantitative estimate of drug-likeness (QED) is 0.618. The number of hydrogen-bond donors (Lipinski definition) is 1. The molecule has 6 heteroatoms. The molecule has 0 spiro atoms. The number of ether oxygens (including phenoxy) is 1. The van der Waals surface area contributed by atoms with Crippen LogP contribution in [0.15, 0.2) is 23.1 Å². The summed E-state index contributed by atoms with van der Waals surface area (Å²) in [5.74, 6) is -1.27. The Labute approximate surface area is 115 Å². The summed E-state index contributed by atoms with van der Waals surface area (Å²) < 4.78 is 31.1. The van der Waals surface area contributed by atoms with E-state index in [9.17, 15) is 13.6 Å². The number of halogens is 2. The molecule has 1 rings (SSSR count). The highest BCUT2D eigenvalue weighted by molar-refractivity contribution is 7.99. The summed E-state index contributed by atoms with van der Waals surface area (Å²) in [6.07, 6.45) is 0. The average molecular weight is 289 g/mol. The van der Waals surface area contributed by atoms with Crippen LogP contribution in [0.5, 0.6) is 0 Å². The number of esters is 1. The minimum Gasteiger partial charge on any atom is -0.465 e. The monoisotopic (exact) mass is 289 g/mol. The molecule has 19 heavy (non-hydrogen) atoms. The van der Waals surface area contributed by atoms with Gasteiger partial charge < -0.3 is 10.1 Å². The standard InChI is InChI=1S/C13H17F2NO2S/c1-3-16-11(13(17)18-4-2)8-19-12-6-5-9(14)7-10(12)15/h5-7,11,16H,3-4,8H2,1-2H3. The van der Waals surface area contributed by atoms with E-state index in [0.717, 1.165) is 17.8 Å². The number of nitrogens with one attached hydrogen (secondary N) is 1. The molecule has 0 heterocycles. The summed E-state index contributed by atoms with van der Waals surface area (Å²) in [4.78, 5) is 12.0. The fourth-order valence-electron chi connectivity index (χ4n) is 1.46. The van der Waals surface area contributed by atoms with E-state index in [0.29, 0.717) is 23.8 Å². The van der Waals surface area contributed by atoms with Gasteiger partial charge in [-0.3, -0.25) is 4.79 Å². The minimum atomic E-state index is -0.621. The number of likely N-dealkylation sites (N-methyl/N-ethyl adjacent to an activating group) is 1. The van der Waals surface area contributed by atoms with Crippen LogP contribution < -0.4 is 5.32 Å². The molecule has 0 saturated heterocycles. The summed E-state index contributed by atoms with van der Waals surface area (Å²) in [5, 5.41) is 2.98. The fourth-order valence-corrected chi connectivity index (χ4v) is 2.43.